The number of nitrogens with zero attached hydrogens (tertiary/aromatic N) is 3. The summed E-state index contributed by atoms with van der Waals surface area (Å²) in [7, 11) is 0. The van der Waals surface area contributed by atoms with Gasteiger partial charge >= 0.3 is 5.69 Å². The number of aromatic nitrogens is 3. The smallest absolute Gasteiger partial charge is 0.245 e. The van der Waals surface area contributed by atoms with Gasteiger partial charge in [0.25, 0.3) is 0 Å². The zero-order valence-corrected chi connectivity index (χ0v) is 16.9. The summed E-state index contributed by atoms with van der Waals surface area (Å²) < 4.78 is 2.96. The molecule has 6 heteroatoms. The first-order valence-electron chi connectivity index (χ1n) is 8.75. The fraction of sp³-hybridized carbons (Fsp3) is 0.0909. The third-order valence-electron chi connectivity index (χ3n) is 4.57. The number of aryl methyl sites for hydroxylation is 2. The summed E-state index contributed by atoms with van der Waals surface area (Å²) in [6, 6.07) is 20.4. The van der Waals surface area contributed by atoms with Crippen molar-refractivity contribution < 1.29 is 0 Å². The summed E-state index contributed by atoms with van der Waals surface area (Å²) in [5.74, 6) is 0.516. The van der Waals surface area contributed by atoms with Crippen molar-refractivity contribution in [2.75, 3.05) is 0 Å². The van der Waals surface area contributed by atoms with Gasteiger partial charge in [-0.2, -0.15) is 4.68 Å². The van der Waals surface area contributed by atoms with E-state index in [4.69, 9.17) is 23.2 Å². The topological polar surface area (TPSA) is 39.8 Å². The standard InChI is InChI=1S/C22H17Cl2N3O/c1-14-3-10-18(11-4-14)27-22(28)26(19-12-5-15(2)20(24)13-19)21(25-27)16-6-8-17(23)9-7-16/h3-13H,1-2H3. The highest BCUT2D eigenvalue weighted by Gasteiger charge is 2.18. The second kappa shape index (κ2) is 7.30. The molecule has 4 aromatic rings. The van der Waals surface area contributed by atoms with Gasteiger partial charge in [-0.05, 0) is 67.9 Å². The molecule has 0 N–H and O–H groups in total. The van der Waals surface area contributed by atoms with E-state index in [9.17, 15) is 4.79 Å². The highest BCUT2D eigenvalue weighted by atomic mass is 35.5. The summed E-state index contributed by atoms with van der Waals surface area (Å²) in [4.78, 5) is 13.3. The molecule has 1 heterocycles. The van der Waals surface area contributed by atoms with Crippen LogP contribution in [-0.4, -0.2) is 14.3 Å². The van der Waals surface area contributed by atoms with Crippen LogP contribution >= 0.6 is 23.2 Å². The molecule has 0 saturated carbocycles. The summed E-state index contributed by atoms with van der Waals surface area (Å²) in [5.41, 5.74) is 3.92. The molecule has 4 rings (SSSR count). The van der Waals surface area contributed by atoms with Crippen LogP contribution in [0.1, 0.15) is 11.1 Å². The molecule has 0 aliphatic carbocycles. The van der Waals surface area contributed by atoms with Crippen molar-refractivity contribution >= 4 is 23.2 Å². The van der Waals surface area contributed by atoms with Crippen molar-refractivity contribution in [2.45, 2.75) is 13.8 Å². The molecule has 4 nitrogen and oxygen atoms in total. The molecule has 1 aromatic heterocycles. The monoisotopic (exact) mass is 409 g/mol. The molecule has 0 bridgehead atoms. The van der Waals surface area contributed by atoms with Crippen LogP contribution in [0.15, 0.2) is 71.5 Å². The van der Waals surface area contributed by atoms with Crippen molar-refractivity contribution in [1.29, 1.82) is 0 Å². The van der Waals surface area contributed by atoms with Crippen LogP contribution in [0.5, 0.6) is 0 Å². The quantitative estimate of drug-likeness (QED) is 0.440. The van der Waals surface area contributed by atoms with Gasteiger partial charge in [0, 0.05) is 15.6 Å². The van der Waals surface area contributed by atoms with E-state index in [1.165, 1.54) is 4.68 Å². The number of hydrogen-bond donors (Lipinski definition) is 0. The summed E-state index contributed by atoms with van der Waals surface area (Å²) in [6.45, 7) is 3.92. The van der Waals surface area contributed by atoms with Crippen LogP contribution in [-0.2, 0) is 0 Å². The SMILES string of the molecule is Cc1ccc(-n2nc(-c3ccc(Cl)cc3)n(-c3ccc(C)c(Cl)c3)c2=O)cc1. The third kappa shape index (κ3) is 3.37. The Balaban J connectivity index is 1.99. The zero-order chi connectivity index (χ0) is 19.8. The first-order valence-corrected chi connectivity index (χ1v) is 9.51. The number of rotatable bonds is 3. The fourth-order valence-corrected chi connectivity index (χ4v) is 3.26. The molecule has 0 saturated heterocycles. The minimum absolute atomic E-state index is 0.270. The highest BCUT2D eigenvalue weighted by molar-refractivity contribution is 6.31. The van der Waals surface area contributed by atoms with Crippen LogP contribution in [0, 0.1) is 13.8 Å². The molecule has 0 fully saturated rings. The zero-order valence-electron chi connectivity index (χ0n) is 15.4. The maximum absolute atomic E-state index is 13.3. The summed E-state index contributed by atoms with van der Waals surface area (Å²) in [6.07, 6.45) is 0. The van der Waals surface area contributed by atoms with E-state index in [2.05, 4.69) is 5.10 Å². The molecule has 0 unspecified atom stereocenters. The molecular formula is C22H17Cl2N3O. The Morgan fingerprint density at radius 2 is 1.46 bits per heavy atom. The summed E-state index contributed by atoms with van der Waals surface area (Å²) in [5, 5.41) is 5.83. The summed E-state index contributed by atoms with van der Waals surface area (Å²) >= 11 is 12.3. The number of halogens is 2. The molecule has 0 atom stereocenters. The molecule has 0 spiro atoms. The van der Waals surface area contributed by atoms with Gasteiger partial charge in [0.1, 0.15) is 0 Å². The lowest BCUT2D eigenvalue weighted by molar-refractivity contribution is 0.829. The normalized spacial score (nSPS) is 11.0. The van der Waals surface area contributed by atoms with E-state index in [1.54, 1.807) is 22.8 Å². The van der Waals surface area contributed by atoms with E-state index in [0.29, 0.717) is 27.2 Å². The minimum Gasteiger partial charge on any atom is -0.245 e. The lowest BCUT2D eigenvalue weighted by atomic mass is 10.2. The lowest BCUT2D eigenvalue weighted by Gasteiger charge is -2.07. The van der Waals surface area contributed by atoms with Crippen LogP contribution in [0.25, 0.3) is 22.8 Å². The van der Waals surface area contributed by atoms with Gasteiger partial charge in [-0.15, -0.1) is 5.10 Å². The Bertz CT molecular complexity index is 1210. The number of hydrogen-bond acceptors (Lipinski definition) is 2. The average Bonchev–Trinajstić information content (AvgIpc) is 3.02. The molecule has 0 radical (unpaired) electrons. The van der Waals surface area contributed by atoms with Gasteiger partial charge in [-0.1, -0.05) is 47.0 Å². The Morgan fingerprint density at radius 3 is 2.11 bits per heavy atom. The molecule has 28 heavy (non-hydrogen) atoms. The van der Waals surface area contributed by atoms with E-state index >= 15 is 0 Å². The first kappa shape index (κ1) is 18.5. The van der Waals surface area contributed by atoms with E-state index < -0.39 is 0 Å². The first-order chi connectivity index (χ1) is 13.4. The second-order valence-corrected chi connectivity index (χ2v) is 7.47. The van der Waals surface area contributed by atoms with Crippen LogP contribution < -0.4 is 5.69 Å². The second-order valence-electron chi connectivity index (χ2n) is 6.63. The van der Waals surface area contributed by atoms with Crippen molar-refractivity contribution in [2.24, 2.45) is 0 Å². The van der Waals surface area contributed by atoms with Crippen molar-refractivity contribution in [3.05, 3.63) is 98.4 Å². The van der Waals surface area contributed by atoms with E-state index in [-0.39, 0.29) is 5.69 Å². The predicted octanol–water partition coefficient (Wildman–Crippen LogP) is 5.61. The van der Waals surface area contributed by atoms with Gasteiger partial charge in [-0.25, -0.2) is 9.36 Å². The van der Waals surface area contributed by atoms with Gasteiger partial charge in [0.05, 0.1) is 11.4 Å². The van der Waals surface area contributed by atoms with Crippen molar-refractivity contribution in [3.8, 4) is 22.8 Å². The third-order valence-corrected chi connectivity index (χ3v) is 5.23. The van der Waals surface area contributed by atoms with E-state index in [1.807, 2.05) is 62.4 Å². The van der Waals surface area contributed by atoms with Gasteiger partial charge in [-0.3, -0.25) is 0 Å². The van der Waals surface area contributed by atoms with E-state index in [0.717, 1.165) is 16.7 Å². The maximum atomic E-state index is 13.3. The predicted molar refractivity (Wildman–Crippen MR) is 114 cm³/mol. The van der Waals surface area contributed by atoms with Crippen LogP contribution in [0.2, 0.25) is 10.0 Å². The Kier molecular flexibility index (Phi) is 4.84. The van der Waals surface area contributed by atoms with Crippen LogP contribution in [0.3, 0.4) is 0 Å². The number of benzene rings is 3. The largest absolute Gasteiger partial charge is 0.355 e. The Morgan fingerprint density at radius 1 is 0.821 bits per heavy atom. The molecule has 0 aliphatic rings. The Labute approximate surface area is 172 Å². The molecule has 0 amide bonds. The van der Waals surface area contributed by atoms with Gasteiger partial charge < -0.3 is 0 Å². The van der Waals surface area contributed by atoms with Crippen molar-refractivity contribution in [1.82, 2.24) is 14.3 Å². The maximum Gasteiger partial charge on any atom is 0.355 e. The lowest BCUT2D eigenvalue weighted by Crippen LogP contribution is -2.23. The fourth-order valence-electron chi connectivity index (χ4n) is 2.96. The van der Waals surface area contributed by atoms with Crippen LogP contribution in [0.4, 0.5) is 0 Å². The highest BCUT2D eigenvalue weighted by Crippen LogP contribution is 2.25. The molecule has 140 valence electrons. The Hall–Kier alpha value is -2.82. The molecular weight excluding hydrogens is 393 g/mol. The van der Waals surface area contributed by atoms with Gasteiger partial charge in [0.15, 0.2) is 5.82 Å². The van der Waals surface area contributed by atoms with Gasteiger partial charge in [0.2, 0.25) is 0 Å². The molecule has 0 aliphatic heterocycles. The van der Waals surface area contributed by atoms with Crippen molar-refractivity contribution in [3.63, 3.8) is 0 Å². The minimum atomic E-state index is -0.270. The average molecular weight is 410 g/mol. The molecule has 3 aromatic carbocycles.